The molecule has 0 radical (unpaired) electrons. The van der Waals surface area contributed by atoms with E-state index in [-0.39, 0.29) is 5.69 Å². The van der Waals surface area contributed by atoms with Gasteiger partial charge in [0.05, 0.1) is 7.11 Å². The van der Waals surface area contributed by atoms with Crippen LogP contribution in [0.1, 0.15) is 28.8 Å². The summed E-state index contributed by atoms with van der Waals surface area (Å²) in [5.74, 6) is -0.0122. The maximum Gasteiger partial charge on any atom is 0.357 e. The second kappa shape index (κ2) is 4.37. The Kier molecular flexibility index (Phi) is 3.41. The molecule has 0 N–H and O–H groups in total. The van der Waals surface area contributed by atoms with E-state index in [4.69, 9.17) is 11.6 Å². The molecule has 5 heteroatoms. The van der Waals surface area contributed by atoms with Crippen molar-refractivity contribution >= 4 is 17.6 Å². The van der Waals surface area contributed by atoms with Gasteiger partial charge in [-0.1, -0.05) is 18.5 Å². The summed E-state index contributed by atoms with van der Waals surface area (Å²) in [6.45, 7) is 3.56. The second-order valence-corrected chi connectivity index (χ2v) is 3.09. The van der Waals surface area contributed by atoms with Crippen LogP contribution in [-0.2, 0) is 11.2 Å². The molecule has 1 heterocycles. The molecule has 0 aliphatic carbocycles. The maximum absolute atomic E-state index is 11.3. The quantitative estimate of drug-likeness (QED) is 0.556. The summed E-state index contributed by atoms with van der Waals surface area (Å²) in [6, 6.07) is 0. The van der Waals surface area contributed by atoms with E-state index in [1.807, 2.05) is 6.92 Å². The van der Waals surface area contributed by atoms with E-state index in [1.54, 1.807) is 6.92 Å². The largest absolute Gasteiger partial charge is 0.464 e. The molecule has 1 rings (SSSR count). The highest BCUT2D eigenvalue weighted by atomic mass is 35.5. The van der Waals surface area contributed by atoms with Crippen LogP contribution in [0, 0.1) is 6.92 Å². The van der Waals surface area contributed by atoms with Crippen molar-refractivity contribution in [2.45, 2.75) is 20.3 Å². The Morgan fingerprint density at radius 3 is 2.64 bits per heavy atom. The molecule has 0 unspecified atom stereocenters. The van der Waals surface area contributed by atoms with Gasteiger partial charge >= 0.3 is 5.97 Å². The first-order chi connectivity index (χ1) is 6.60. The standard InChI is InChI=1S/C9H11ClN2O2/c1-4-6-7(9(13)14-3)11-5(2)12-8(6)10/h4H2,1-3H3. The Morgan fingerprint density at radius 1 is 1.50 bits per heavy atom. The van der Waals surface area contributed by atoms with Crippen LogP contribution in [0.3, 0.4) is 0 Å². The van der Waals surface area contributed by atoms with Gasteiger partial charge in [-0.25, -0.2) is 14.8 Å². The molecule has 1 aromatic rings. The third kappa shape index (κ3) is 2.01. The van der Waals surface area contributed by atoms with E-state index >= 15 is 0 Å². The first kappa shape index (κ1) is 10.9. The number of carbonyl (C=O) groups excluding carboxylic acids is 1. The molecule has 0 aromatic carbocycles. The molecule has 0 bridgehead atoms. The lowest BCUT2D eigenvalue weighted by Gasteiger charge is -2.06. The summed E-state index contributed by atoms with van der Waals surface area (Å²) in [4.78, 5) is 19.3. The molecule has 0 aliphatic rings. The minimum absolute atomic E-state index is 0.257. The van der Waals surface area contributed by atoms with E-state index < -0.39 is 5.97 Å². The summed E-state index contributed by atoms with van der Waals surface area (Å²) < 4.78 is 4.60. The van der Waals surface area contributed by atoms with E-state index in [0.717, 1.165) is 0 Å². The number of aromatic nitrogens is 2. The zero-order chi connectivity index (χ0) is 10.7. The van der Waals surface area contributed by atoms with Crippen molar-refractivity contribution in [2.75, 3.05) is 7.11 Å². The van der Waals surface area contributed by atoms with Gasteiger partial charge in [0.1, 0.15) is 11.0 Å². The minimum atomic E-state index is -0.478. The molecular formula is C9H11ClN2O2. The van der Waals surface area contributed by atoms with Crippen LogP contribution in [0.5, 0.6) is 0 Å². The van der Waals surface area contributed by atoms with Gasteiger partial charge in [0, 0.05) is 5.56 Å². The number of rotatable bonds is 2. The van der Waals surface area contributed by atoms with Crippen molar-refractivity contribution in [1.82, 2.24) is 9.97 Å². The highest BCUT2D eigenvalue weighted by molar-refractivity contribution is 6.30. The van der Waals surface area contributed by atoms with E-state index in [1.165, 1.54) is 7.11 Å². The molecule has 14 heavy (non-hydrogen) atoms. The van der Waals surface area contributed by atoms with Crippen molar-refractivity contribution in [3.8, 4) is 0 Å². The average Bonchev–Trinajstić information content (AvgIpc) is 2.15. The zero-order valence-corrected chi connectivity index (χ0v) is 9.05. The molecule has 76 valence electrons. The van der Waals surface area contributed by atoms with Crippen molar-refractivity contribution in [2.24, 2.45) is 0 Å². The molecule has 0 aliphatic heterocycles. The maximum atomic E-state index is 11.3. The number of ether oxygens (including phenoxy) is 1. The number of hydrogen-bond donors (Lipinski definition) is 0. The highest BCUT2D eigenvalue weighted by Gasteiger charge is 2.16. The van der Waals surface area contributed by atoms with Crippen LogP contribution in [-0.4, -0.2) is 23.0 Å². The fraction of sp³-hybridized carbons (Fsp3) is 0.444. The molecule has 0 saturated carbocycles. The zero-order valence-electron chi connectivity index (χ0n) is 8.30. The van der Waals surface area contributed by atoms with Gasteiger partial charge < -0.3 is 4.74 Å². The van der Waals surface area contributed by atoms with Crippen molar-refractivity contribution in [3.63, 3.8) is 0 Å². The topological polar surface area (TPSA) is 52.1 Å². The van der Waals surface area contributed by atoms with E-state index in [9.17, 15) is 4.79 Å². The number of aryl methyl sites for hydroxylation is 1. The smallest absolute Gasteiger partial charge is 0.357 e. The van der Waals surface area contributed by atoms with Crippen molar-refractivity contribution in [3.05, 3.63) is 22.2 Å². The predicted molar refractivity (Wildman–Crippen MR) is 52.5 cm³/mol. The van der Waals surface area contributed by atoms with Gasteiger partial charge in [-0.15, -0.1) is 0 Å². The van der Waals surface area contributed by atoms with Crippen LogP contribution < -0.4 is 0 Å². The van der Waals surface area contributed by atoms with E-state index in [0.29, 0.717) is 23.0 Å². The third-order valence-corrected chi connectivity index (χ3v) is 2.11. The fourth-order valence-electron chi connectivity index (χ4n) is 1.14. The lowest BCUT2D eigenvalue weighted by molar-refractivity contribution is 0.0592. The Balaban J connectivity index is 3.32. The van der Waals surface area contributed by atoms with Gasteiger partial charge in [-0.3, -0.25) is 0 Å². The summed E-state index contributed by atoms with van der Waals surface area (Å²) in [5, 5.41) is 0.320. The van der Waals surface area contributed by atoms with Gasteiger partial charge in [0.15, 0.2) is 5.69 Å². The first-order valence-corrected chi connectivity index (χ1v) is 4.59. The molecule has 1 aromatic heterocycles. The highest BCUT2D eigenvalue weighted by Crippen LogP contribution is 2.17. The van der Waals surface area contributed by atoms with Crippen LogP contribution >= 0.6 is 11.6 Å². The number of nitrogens with zero attached hydrogens (tertiary/aromatic N) is 2. The van der Waals surface area contributed by atoms with E-state index in [2.05, 4.69) is 14.7 Å². The first-order valence-electron chi connectivity index (χ1n) is 4.21. The molecule has 0 spiro atoms. The lowest BCUT2D eigenvalue weighted by atomic mass is 10.2. The number of carbonyl (C=O) groups is 1. The molecule has 0 saturated heterocycles. The molecular weight excluding hydrogens is 204 g/mol. The molecule has 0 atom stereocenters. The second-order valence-electron chi connectivity index (χ2n) is 2.73. The number of hydrogen-bond acceptors (Lipinski definition) is 4. The lowest BCUT2D eigenvalue weighted by Crippen LogP contribution is -2.11. The van der Waals surface area contributed by atoms with Gasteiger partial charge in [0.2, 0.25) is 0 Å². The minimum Gasteiger partial charge on any atom is -0.464 e. The monoisotopic (exact) mass is 214 g/mol. The third-order valence-electron chi connectivity index (χ3n) is 1.80. The van der Waals surface area contributed by atoms with Crippen molar-refractivity contribution < 1.29 is 9.53 Å². The van der Waals surface area contributed by atoms with Crippen LogP contribution in [0.4, 0.5) is 0 Å². The Bertz CT molecular complexity index is 366. The predicted octanol–water partition coefficient (Wildman–Crippen LogP) is 1.79. The van der Waals surface area contributed by atoms with Crippen LogP contribution in [0.15, 0.2) is 0 Å². The Hall–Kier alpha value is -1.16. The Labute approximate surface area is 87.3 Å². The SMILES string of the molecule is CCc1c(Cl)nc(C)nc1C(=O)OC. The normalized spacial score (nSPS) is 10.0. The van der Waals surface area contributed by atoms with Gasteiger partial charge in [-0.05, 0) is 13.3 Å². The molecule has 0 amide bonds. The molecule has 0 fully saturated rings. The van der Waals surface area contributed by atoms with Gasteiger partial charge in [-0.2, -0.15) is 0 Å². The summed E-state index contributed by atoms with van der Waals surface area (Å²) in [6.07, 6.45) is 0.601. The number of halogens is 1. The summed E-state index contributed by atoms with van der Waals surface area (Å²) >= 11 is 5.88. The fourth-order valence-corrected chi connectivity index (χ4v) is 1.49. The summed E-state index contributed by atoms with van der Waals surface area (Å²) in [5.41, 5.74) is 0.886. The van der Waals surface area contributed by atoms with Crippen LogP contribution in [0.2, 0.25) is 5.15 Å². The van der Waals surface area contributed by atoms with Crippen molar-refractivity contribution in [1.29, 1.82) is 0 Å². The van der Waals surface area contributed by atoms with Crippen LogP contribution in [0.25, 0.3) is 0 Å². The van der Waals surface area contributed by atoms with Gasteiger partial charge in [0.25, 0.3) is 0 Å². The number of methoxy groups -OCH3 is 1. The summed E-state index contributed by atoms with van der Waals surface area (Å²) in [7, 11) is 1.31. The number of esters is 1. The average molecular weight is 215 g/mol. The molecule has 4 nitrogen and oxygen atoms in total. The Morgan fingerprint density at radius 2 is 2.14 bits per heavy atom.